The Labute approximate surface area is 278 Å². The van der Waals surface area contributed by atoms with Gasteiger partial charge in [0.1, 0.15) is 0 Å². The van der Waals surface area contributed by atoms with Gasteiger partial charge in [-0.05, 0) is 86.1 Å². The molecule has 0 saturated carbocycles. The summed E-state index contributed by atoms with van der Waals surface area (Å²) >= 11 is 4.22. The van der Waals surface area contributed by atoms with Gasteiger partial charge in [-0.25, -0.2) is 5.26 Å². The molecule has 0 spiro atoms. The van der Waals surface area contributed by atoms with Crippen molar-refractivity contribution < 1.29 is 41.3 Å². The number of hydrogen-bond donors (Lipinski definition) is 2. The van der Waals surface area contributed by atoms with Gasteiger partial charge in [0.05, 0.1) is 17.5 Å². The summed E-state index contributed by atoms with van der Waals surface area (Å²) < 4.78 is 51.7. The smallest absolute Gasteiger partial charge is 0.374 e. The lowest BCUT2D eigenvalue weighted by Crippen LogP contribution is -2.36. The third-order valence-corrected chi connectivity index (χ3v) is 10.1. The number of anilines is 1. The van der Waals surface area contributed by atoms with Gasteiger partial charge in [0.2, 0.25) is 11.5 Å². The minimum atomic E-state index is -4.11. The minimum Gasteiger partial charge on any atom is -0.439 e. The third-order valence-electron chi connectivity index (χ3n) is 7.46. The molecule has 3 aromatic heterocycles. The molecule has 1 aliphatic heterocycles. The summed E-state index contributed by atoms with van der Waals surface area (Å²) in [6.07, 6.45) is 4.75. The first-order valence-electron chi connectivity index (χ1n) is 14.4. The van der Waals surface area contributed by atoms with E-state index in [0.717, 1.165) is 56.8 Å². The molecule has 46 heavy (non-hydrogen) atoms. The van der Waals surface area contributed by atoms with Crippen molar-refractivity contribution >= 4 is 67.7 Å². The van der Waals surface area contributed by atoms with Crippen LogP contribution in [0.15, 0.2) is 92.0 Å². The summed E-state index contributed by atoms with van der Waals surface area (Å²) in [7, 11) is -4.11. The molecule has 2 aromatic carbocycles. The number of aromatic nitrogens is 1. The van der Waals surface area contributed by atoms with Crippen LogP contribution in [0.2, 0.25) is 0 Å². The van der Waals surface area contributed by atoms with E-state index in [0.29, 0.717) is 42.6 Å². The molecular formula is C32H31N2O8S4+. The van der Waals surface area contributed by atoms with Crippen LogP contribution in [0.1, 0.15) is 25.7 Å². The SMILES string of the molecule is CCC(/C=C1\Oc2ccc(-c3ccsc3)cc2N1CCSOOO)=C\c1oc2ccc(-c3ccsc3)cc2[n+]1CCCS(=O)(=O)O. The fourth-order valence-electron chi connectivity index (χ4n) is 5.25. The number of thiophene rings is 2. The van der Waals surface area contributed by atoms with Crippen LogP contribution >= 0.6 is 34.7 Å². The largest absolute Gasteiger partial charge is 0.439 e. The van der Waals surface area contributed by atoms with Gasteiger partial charge in [0.25, 0.3) is 15.6 Å². The van der Waals surface area contributed by atoms with Crippen LogP contribution in [0, 0.1) is 0 Å². The second-order valence-electron chi connectivity index (χ2n) is 10.4. The number of rotatable bonds is 14. The molecule has 6 rings (SSSR count). The van der Waals surface area contributed by atoms with Crippen molar-refractivity contribution in [2.75, 3.05) is 23.0 Å². The number of hydrogen-bond acceptors (Lipinski definition) is 11. The molecule has 0 fully saturated rings. The topological polar surface area (TPSA) is 123 Å². The van der Waals surface area contributed by atoms with Gasteiger partial charge in [-0.15, -0.1) is 4.33 Å². The van der Waals surface area contributed by atoms with Crippen molar-refractivity contribution in [2.24, 2.45) is 0 Å². The number of nitrogens with zero attached hydrogens (tertiary/aromatic N) is 2. The molecule has 0 atom stereocenters. The Morgan fingerprint density at radius 3 is 2.46 bits per heavy atom. The van der Waals surface area contributed by atoms with Crippen molar-refractivity contribution in [1.82, 2.24) is 0 Å². The van der Waals surface area contributed by atoms with E-state index in [-0.39, 0.29) is 12.2 Å². The van der Waals surface area contributed by atoms with Crippen LogP contribution in [0.3, 0.4) is 0 Å². The average Bonchev–Trinajstić information content (AvgIpc) is 3.86. The van der Waals surface area contributed by atoms with E-state index in [1.807, 2.05) is 75.7 Å². The van der Waals surface area contributed by atoms with Crippen LogP contribution in [-0.4, -0.2) is 36.3 Å². The van der Waals surface area contributed by atoms with E-state index in [1.54, 1.807) is 22.7 Å². The van der Waals surface area contributed by atoms with Gasteiger partial charge in [-0.2, -0.15) is 35.7 Å². The Bertz CT molecular complexity index is 1970. The maximum absolute atomic E-state index is 11.5. The number of benzene rings is 2. The standard InChI is InChI=1S/C32H30N2O8S4/c1-2-22(17-32-34(11-14-45-42-41-35)28-19-24(5-7-30(28)40-32)26-9-13-44-21-26)16-31-33(10-3-15-46(36,37)38)27-18-23(4-6-29(27)39-31)25-8-12-43-20-25/h4-9,12-13,16-21H,2-3,10-11,14-15H2,1H3,(H-,35,36,37,38)/p+1. The fourth-order valence-corrected chi connectivity index (χ4v) is 7.44. The van der Waals surface area contributed by atoms with E-state index < -0.39 is 10.1 Å². The Kier molecular flexibility index (Phi) is 10.3. The summed E-state index contributed by atoms with van der Waals surface area (Å²) in [5.74, 6) is 1.99. The number of aryl methyl sites for hydroxylation is 1. The highest BCUT2D eigenvalue weighted by Gasteiger charge is 2.28. The predicted octanol–water partition coefficient (Wildman–Crippen LogP) is 8.06. The van der Waals surface area contributed by atoms with Crippen molar-refractivity contribution in [1.29, 1.82) is 0 Å². The number of oxazole rings is 1. The summed E-state index contributed by atoms with van der Waals surface area (Å²) in [6.45, 7) is 2.86. The first-order chi connectivity index (χ1) is 22.3. The first-order valence-corrected chi connectivity index (χ1v) is 18.8. The van der Waals surface area contributed by atoms with Crippen LogP contribution in [0.4, 0.5) is 5.69 Å². The number of allylic oxidation sites excluding steroid dienone is 2. The molecule has 5 aromatic rings. The lowest BCUT2D eigenvalue weighted by Gasteiger charge is -2.18. The van der Waals surface area contributed by atoms with E-state index >= 15 is 0 Å². The monoisotopic (exact) mass is 699 g/mol. The Morgan fingerprint density at radius 2 is 1.78 bits per heavy atom. The molecule has 0 saturated heterocycles. The highest BCUT2D eigenvalue weighted by atomic mass is 32.2. The molecule has 14 heteroatoms. The summed E-state index contributed by atoms with van der Waals surface area (Å²) in [5, 5.41) is 20.6. The predicted molar refractivity (Wildman–Crippen MR) is 182 cm³/mol. The lowest BCUT2D eigenvalue weighted by molar-refractivity contribution is -0.677. The second kappa shape index (κ2) is 14.5. The molecule has 4 heterocycles. The molecule has 0 bridgehead atoms. The van der Waals surface area contributed by atoms with E-state index in [2.05, 4.69) is 32.3 Å². The quantitative estimate of drug-likeness (QED) is 0.0294. The van der Waals surface area contributed by atoms with Crippen LogP contribution in [0.25, 0.3) is 39.4 Å². The van der Waals surface area contributed by atoms with Gasteiger partial charge in [0, 0.05) is 42.9 Å². The molecule has 0 amide bonds. The maximum atomic E-state index is 11.5. The average molecular weight is 700 g/mol. The van der Waals surface area contributed by atoms with Crippen molar-refractivity contribution in [3.8, 4) is 28.0 Å². The second-order valence-corrected chi connectivity index (χ2v) is 14.3. The van der Waals surface area contributed by atoms with Gasteiger partial charge in [-0.3, -0.25) is 4.55 Å². The van der Waals surface area contributed by atoms with E-state index in [1.165, 1.54) is 0 Å². The first kappa shape index (κ1) is 32.5. The zero-order valence-corrected chi connectivity index (χ0v) is 28.0. The van der Waals surface area contributed by atoms with Gasteiger partial charge < -0.3 is 14.1 Å². The summed E-state index contributed by atoms with van der Waals surface area (Å²) in [4.78, 5) is 2.05. The molecule has 0 unspecified atom stereocenters. The number of ether oxygens (including phenoxy) is 1. The third kappa shape index (κ3) is 7.56. The summed E-state index contributed by atoms with van der Waals surface area (Å²) in [5.41, 5.74) is 7.60. The highest BCUT2D eigenvalue weighted by Crippen LogP contribution is 2.42. The number of fused-ring (bicyclic) bond motifs is 2. The summed E-state index contributed by atoms with van der Waals surface area (Å²) in [6, 6.07) is 16.2. The van der Waals surface area contributed by atoms with Crippen molar-refractivity contribution in [3.05, 3.63) is 93.5 Å². The zero-order valence-electron chi connectivity index (χ0n) is 24.7. The molecule has 2 N–H and O–H groups in total. The molecule has 1 aliphatic rings. The Morgan fingerprint density at radius 1 is 1.04 bits per heavy atom. The van der Waals surface area contributed by atoms with E-state index in [4.69, 9.17) is 14.4 Å². The van der Waals surface area contributed by atoms with Crippen LogP contribution < -0.4 is 14.2 Å². The Balaban J connectivity index is 1.37. The maximum Gasteiger partial charge on any atom is 0.374 e. The van der Waals surface area contributed by atoms with Crippen molar-refractivity contribution in [3.63, 3.8) is 0 Å². The zero-order chi connectivity index (χ0) is 32.1. The molecule has 240 valence electrons. The Hall–Kier alpha value is -3.47. The van der Waals surface area contributed by atoms with Gasteiger partial charge >= 0.3 is 5.89 Å². The van der Waals surface area contributed by atoms with Crippen LogP contribution in [0.5, 0.6) is 5.75 Å². The van der Waals surface area contributed by atoms with E-state index in [9.17, 15) is 13.0 Å². The molecule has 0 aliphatic carbocycles. The normalized spacial score (nSPS) is 14.4. The molecular weight excluding hydrogens is 669 g/mol. The van der Waals surface area contributed by atoms with Gasteiger partial charge in [-0.1, -0.05) is 24.1 Å². The lowest BCUT2D eigenvalue weighted by atomic mass is 10.1. The van der Waals surface area contributed by atoms with Crippen LogP contribution in [-0.2, 0) is 26.0 Å². The fraction of sp³-hybridized carbons (Fsp3) is 0.219. The minimum absolute atomic E-state index is 0.208. The highest BCUT2D eigenvalue weighted by molar-refractivity contribution is 7.94. The van der Waals surface area contributed by atoms with Crippen molar-refractivity contribution in [2.45, 2.75) is 26.3 Å². The molecule has 10 nitrogen and oxygen atoms in total. The molecule has 0 radical (unpaired) electrons. The van der Waals surface area contributed by atoms with Gasteiger partial charge in [0.15, 0.2) is 12.3 Å².